The SMILES string of the molecule is OCCOCCOCCOCCOCCOCCOCCOCCOCCOCCOc1ccc(P(c2ccc(OCCOCCOCCOCCOCCOCCOCCOCCOCCOCCO)cc2)c2ccc(OCCOCCOCCOCCOCCOCCOCCOCCOCCOCCO)cc2)cc1. The third-order valence-corrected chi connectivity index (χ3v) is 16.9. The molecule has 0 heterocycles. The van der Waals surface area contributed by atoms with Crippen LogP contribution < -0.4 is 30.1 Å². The van der Waals surface area contributed by atoms with Crippen molar-refractivity contribution in [2.45, 2.75) is 0 Å². The molecule has 650 valence electrons. The van der Waals surface area contributed by atoms with Crippen molar-refractivity contribution < 1.29 is 157 Å². The van der Waals surface area contributed by atoms with E-state index >= 15 is 0 Å². The van der Waals surface area contributed by atoms with Gasteiger partial charge in [0.2, 0.25) is 0 Å². The zero-order valence-electron chi connectivity index (χ0n) is 66.4. The van der Waals surface area contributed by atoms with Crippen LogP contribution in [0.25, 0.3) is 0 Å². The molecule has 0 fully saturated rings. The molecular weight excluding hydrogens is 1500 g/mol. The fourth-order valence-corrected chi connectivity index (χ4v) is 11.2. The maximum atomic E-state index is 8.68. The molecular formula is C78H135O33P. The molecule has 3 aromatic rings. The predicted octanol–water partition coefficient (Wildman–Crippen LogP) is 2.01. The number of hydrogen-bond donors (Lipinski definition) is 3. The first kappa shape index (κ1) is 102. The molecule has 112 heavy (non-hydrogen) atoms. The highest BCUT2D eigenvalue weighted by molar-refractivity contribution is 7.79. The summed E-state index contributed by atoms with van der Waals surface area (Å²) < 4.78 is 167. The van der Waals surface area contributed by atoms with Crippen LogP contribution in [-0.2, 0) is 128 Å². The van der Waals surface area contributed by atoms with E-state index in [1.807, 2.05) is 36.4 Å². The van der Waals surface area contributed by atoms with Crippen LogP contribution in [0.2, 0.25) is 0 Å². The molecule has 3 N–H and O–H groups in total. The number of aliphatic hydroxyl groups excluding tert-OH is 3. The number of hydrogen-bond acceptors (Lipinski definition) is 33. The molecule has 0 aliphatic rings. The molecule has 0 atom stereocenters. The lowest BCUT2D eigenvalue weighted by molar-refractivity contribution is -0.0258. The number of aliphatic hydroxyl groups is 3. The van der Waals surface area contributed by atoms with Crippen molar-refractivity contribution in [3.8, 4) is 17.2 Å². The molecule has 0 saturated heterocycles. The van der Waals surface area contributed by atoms with Crippen LogP contribution in [0.5, 0.6) is 17.2 Å². The van der Waals surface area contributed by atoms with E-state index in [1.165, 1.54) is 0 Å². The van der Waals surface area contributed by atoms with Gasteiger partial charge in [0.1, 0.15) is 37.1 Å². The van der Waals surface area contributed by atoms with Gasteiger partial charge in [-0.05, 0) is 60.2 Å². The minimum Gasteiger partial charge on any atom is -0.491 e. The van der Waals surface area contributed by atoms with Crippen LogP contribution in [0.4, 0.5) is 0 Å². The molecule has 0 unspecified atom stereocenters. The van der Waals surface area contributed by atoms with Crippen molar-refractivity contribution in [2.24, 2.45) is 0 Å². The number of ether oxygens (including phenoxy) is 30. The van der Waals surface area contributed by atoms with Crippen LogP contribution in [0, 0.1) is 0 Å². The van der Waals surface area contributed by atoms with Gasteiger partial charge in [0.25, 0.3) is 0 Å². The van der Waals surface area contributed by atoms with E-state index in [2.05, 4.69) is 36.4 Å². The average molecular weight is 1630 g/mol. The Bertz CT molecular complexity index is 2070. The van der Waals surface area contributed by atoms with Crippen LogP contribution in [-0.4, -0.2) is 412 Å². The summed E-state index contributed by atoms with van der Waals surface area (Å²) in [5.41, 5.74) is 0. The van der Waals surface area contributed by atoms with Gasteiger partial charge in [-0.25, -0.2) is 0 Å². The van der Waals surface area contributed by atoms with Gasteiger partial charge < -0.3 is 157 Å². The standard InChI is InChI=1S/C78H135O33P/c79-13-16-82-19-22-85-25-28-88-31-34-91-37-40-94-43-46-97-49-52-100-55-58-103-61-64-106-67-70-109-73-1-7-76(8-2-73)112(77-9-3-74(4-10-77)110-71-68-107-65-62-104-59-56-101-53-50-98-47-44-95-41-38-92-35-32-89-29-26-86-23-20-83-17-14-80)78-11-5-75(6-12-78)111-72-69-108-66-63-105-60-57-102-54-51-99-48-45-96-42-39-93-36-33-90-30-27-87-24-21-84-18-15-81/h1-12,79-81H,13-72H2. The van der Waals surface area contributed by atoms with E-state index in [1.54, 1.807) is 0 Å². The van der Waals surface area contributed by atoms with Gasteiger partial charge in [-0.2, -0.15) is 0 Å². The molecule has 33 nitrogen and oxygen atoms in total. The second-order valence-electron chi connectivity index (χ2n) is 23.1. The number of rotatable bonds is 93. The lowest BCUT2D eigenvalue weighted by Crippen LogP contribution is -2.21. The fraction of sp³-hybridized carbons (Fsp3) is 0.769. The van der Waals surface area contributed by atoms with Crippen LogP contribution >= 0.6 is 7.92 Å². The third-order valence-electron chi connectivity index (χ3n) is 14.4. The molecule has 34 heteroatoms. The first-order chi connectivity index (χ1) is 55.7. The molecule has 3 rings (SSSR count). The average Bonchev–Trinajstić information content (AvgIpc) is 0.806. The first-order valence-corrected chi connectivity index (χ1v) is 40.5. The minimum absolute atomic E-state index is 0.00843. The quantitative estimate of drug-likeness (QED) is 0.0537. The molecule has 0 amide bonds. The first-order valence-electron chi connectivity index (χ1n) is 39.2. The van der Waals surface area contributed by atoms with Gasteiger partial charge in [-0.15, -0.1) is 0 Å². The molecule has 0 aliphatic heterocycles. The van der Waals surface area contributed by atoms with Crippen molar-refractivity contribution in [3.63, 3.8) is 0 Å². The second kappa shape index (κ2) is 85.2. The smallest absolute Gasteiger partial charge is 0.119 e. The Kier molecular flexibility index (Phi) is 77.9. The second-order valence-corrected chi connectivity index (χ2v) is 25.3. The largest absolute Gasteiger partial charge is 0.491 e. The zero-order chi connectivity index (χ0) is 79.2. The summed E-state index contributed by atoms with van der Waals surface area (Å²) in [5, 5.41) is 29.5. The lowest BCUT2D eigenvalue weighted by atomic mass is 10.3. The maximum absolute atomic E-state index is 8.68. The summed E-state index contributed by atoms with van der Waals surface area (Å²) in [6, 6.07) is 24.7. The Morgan fingerprint density at radius 3 is 0.339 bits per heavy atom. The monoisotopic (exact) mass is 1630 g/mol. The van der Waals surface area contributed by atoms with Crippen LogP contribution in [0.3, 0.4) is 0 Å². The van der Waals surface area contributed by atoms with Gasteiger partial charge in [0, 0.05) is 0 Å². The molecule has 0 bridgehead atoms. The van der Waals surface area contributed by atoms with Gasteiger partial charge in [-0.1, -0.05) is 36.4 Å². The van der Waals surface area contributed by atoms with Crippen LogP contribution in [0.1, 0.15) is 0 Å². The summed E-state index contributed by atoms with van der Waals surface area (Å²) in [6.07, 6.45) is 0. The molecule has 0 saturated carbocycles. The lowest BCUT2D eigenvalue weighted by Gasteiger charge is -2.20. The van der Waals surface area contributed by atoms with Crippen molar-refractivity contribution in [2.75, 3.05) is 396 Å². The summed E-state index contributed by atoms with van der Waals surface area (Å²) in [4.78, 5) is 0. The summed E-state index contributed by atoms with van der Waals surface area (Å²) >= 11 is 0. The highest BCUT2D eigenvalue weighted by Gasteiger charge is 2.18. The van der Waals surface area contributed by atoms with Crippen molar-refractivity contribution in [1.82, 2.24) is 0 Å². The highest BCUT2D eigenvalue weighted by atomic mass is 31.1. The van der Waals surface area contributed by atoms with Gasteiger partial charge in [0.05, 0.1) is 377 Å². The fourth-order valence-electron chi connectivity index (χ4n) is 8.95. The number of benzene rings is 3. The Morgan fingerprint density at radius 1 is 0.134 bits per heavy atom. The van der Waals surface area contributed by atoms with E-state index in [9.17, 15) is 0 Å². The van der Waals surface area contributed by atoms with E-state index < -0.39 is 7.92 Å². The Morgan fingerprint density at radius 2 is 0.232 bits per heavy atom. The topological polar surface area (TPSA) is 338 Å². The van der Waals surface area contributed by atoms with Crippen molar-refractivity contribution >= 4 is 23.8 Å². The normalized spacial score (nSPS) is 11.7. The van der Waals surface area contributed by atoms with Crippen LogP contribution in [0.15, 0.2) is 72.8 Å². The molecule has 0 radical (unpaired) electrons. The Balaban J connectivity index is 1.25. The van der Waals surface area contributed by atoms with Gasteiger partial charge in [-0.3, -0.25) is 0 Å². The van der Waals surface area contributed by atoms with E-state index in [0.29, 0.717) is 377 Å². The van der Waals surface area contributed by atoms with Crippen molar-refractivity contribution in [3.05, 3.63) is 72.8 Å². The summed E-state index contributed by atoms with van der Waals surface area (Å²) in [6.45, 7) is 25.7. The molecule has 0 aliphatic carbocycles. The highest BCUT2D eigenvalue weighted by Crippen LogP contribution is 2.35. The predicted molar refractivity (Wildman–Crippen MR) is 415 cm³/mol. The maximum Gasteiger partial charge on any atom is 0.119 e. The van der Waals surface area contributed by atoms with Crippen molar-refractivity contribution in [1.29, 1.82) is 0 Å². The van der Waals surface area contributed by atoms with Gasteiger partial charge in [0.15, 0.2) is 0 Å². The summed E-state index contributed by atoms with van der Waals surface area (Å²) in [7, 11) is -0.985. The third kappa shape index (κ3) is 68.4. The molecule has 3 aromatic carbocycles. The van der Waals surface area contributed by atoms with E-state index in [0.717, 1.165) is 33.2 Å². The van der Waals surface area contributed by atoms with Gasteiger partial charge >= 0.3 is 0 Å². The Labute approximate surface area is 665 Å². The minimum atomic E-state index is -0.985. The zero-order valence-corrected chi connectivity index (χ0v) is 67.3. The molecule has 0 spiro atoms. The molecule has 0 aromatic heterocycles. The summed E-state index contributed by atoms with van der Waals surface area (Å²) in [5.74, 6) is 2.22. The Hall–Kier alpha value is -3.71. The van der Waals surface area contributed by atoms with E-state index in [4.69, 9.17) is 157 Å². The van der Waals surface area contributed by atoms with E-state index in [-0.39, 0.29) is 19.8 Å².